The minimum absolute atomic E-state index is 0.0690. The molecule has 1 aromatic rings. The fraction of sp³-hybridized carbons (Fsp3) is 0.385. The van der Waals surface area contributed by atoms with E-state index in [4.69, 9.17) is 10.8 Å². The van der Waals surface area contributed by atoms with Gasteiger partial charge in [-0.3, -0.25) is 4.79 Å². The Morgan fingerprint density at radius 3 is 2.74 bits per heavy atom. The summed E-state index contributed by atoms with van der Waals surface area (Å²) in [5.74, 6) is -1.09. The molecule has 0 aromatic heterocycles. The molecule has 102 valence electrons. The third kappa shape index (κ3) is 2.21. The number of amides is 1. The van der Waals surface area contributed by atoms with Gasteiger partial charge in [-0.15, -0.1) is 0 Å². The molecule has 0 radical (unpaired) electrons. The van der Waals surface area contributed by atoms with E-state index < -0.39 is 11.5 Å². The van der Waals surface area contributed by atoms with Crippen LogP contribution in [0.4, 0.5) is 11.4 Å². The number of aromatic carboxylic acids is 1. The van der Waals surface area contributed by atoms with Crippen LogP contribution < -0.4 is 16.0 Å². The fourth-order valence-electron chi connectivity index (χ4n) is 2.25. The van der Waals surface area contributed by atoms with E-state index in [1.165, 1.54) is 12.1 Å². The lowest BCUT2D eigenvalue weighted by molar-refractivity contribution is -0.126. The fourth-order valence-corrected chi connectivity index (χ4v) is 2.25. The summed E-state index contributed by atoms with van der Waals surface area (Å²) >= 11 is 0. The van der Waals surface area contributed by atoms with Crippen molar-refractivity contribution in [2.45, 2.75) is 19.4 Å². The monoisotopic (exact) mass is 263 g/mol. The molecule has 19 heavy (non-hydrogen) atoms. The average Bonchev–Trinajstić information content (AvgIpc) is 2.33. The SMILES string of the molecule is CC1(C)C(=O)NCCN1c1ccc(C(=O)O)cc1N. The zero-order chi connectivity index (χ0) is 14.2. The van der Waals surface area contributed by atoms with Crippen molar-refractivity contribution in [1.29, 1.82) is 0 Å². The molecule has 1 saturated heterocycles. The Morgan fingerprint density at radius 2 is 2.16 bits per heavy atom. The Bertz CT molecular complexity index is 540. The molecule has 0 atom stereocenters. The van der Waals surface area contributed by atoms with Crippen molar-refractivity contribution >= 4 is 23.3 Å². The standard InChI is InChI=1S/C13H17N3O3/c1-13(2)12(19)15-5-6-16(13)10-4-3-8(11(17)18)7-9(10)14/h3-4,7H,5-6,14H2,1-2H3,(H,15,19)(H,17,18). The van der Waals surface area contributed by atoms with Crippen molar-refractivity contribution in [2.75, 3.05) is 23.7 Å². The second kappa shape index (κ2) is 4.46. The summed E-state index contributed by atoms with van der Waals surface area (Å²) in [5.41, 5.74) is 6.40. The highest BCUT2D eigenvalue weighted by Gasteiger charge is 2.38. The predicted molar refractivity (Wildman–Crippen MR) is 72.2 cm³/mol. The number of benzene rings is 1. The number of carbonyl (C=O) groups is 2. The molecule has 0 spiro atoms. The van der Waals surface area contributed by atoms with Gasteiger partial charge >= 0.3 is 5.97 Å². The van der Waals surface area contributed by atoms with Crippen molar-refractivity contribution in [3.63, 3.8) is 0 Å². The maximum Gasteiger partial charge on any atom is 0.335 e. The first kappa shape index (κ1) is 13.2. The van der Waals surface area contributed by atoms with Gasteiger partial charge in [-0.1, -0.05) is 0 Å². The van der Waals surface area contributed by atoms with Gasteiger partial charge in [0.2, 0.25) is 5.91 Å². The number of nitrogens with zero attached hydrogens (tertiary/aromatic N) is 1. The van der Waals surface area contributed by atoms with Crippen LogP contribution in [0.2, 0.25) is 0 Å². The molecule has 0 aliphatic carbocycles. The lowest BCUT2D eigenvalue weighted by atomic mass is 9.97. The molecule has 1 fully saturated rings. The van der Waals surface area contributed by atoms with Crippen LogP contribution in [0, 0.1) is 0 Å². The predicted octanol–water partition coefficient (Wildman–Crippen LogP) is 0.682. The van der Waals surface area contributed by atoms with E-state index in [0.717, 1.165) is 0 Å². The zero-order valence-electron chi connectivity index (χ0n) is 10.9. The van der Waals surface area contributed by atoms with Gasteiger partial charge < -0.3 is 21.1 Å². The van der Waals surface area contributed by atoms with Crippen LogP contribution in [0.15, 0.2) is 18.2 Å². The minimum atomic E-state index is -1.02. The van der Waals surface area contributed by atoms with Gasteiger partial charge in [0.25, 0.3) is 0 Å². The van der Waals surface area contributed by atoms with Crippen LogP contribution in [-0.4, -0.2) is 35.6 Å². The number of nitrogens with two attached hydrogens (primary N) is 1. The molecule has 6 heteroatoms. The average molecular weight is 263 g/mol. The van der Waals surface area contributed by atoms with Crippen LogP contribution in [0.5, 0.6) is 0 Å². The molecular formula is C13H17N3O3. The molecule has 0 unspecified atom stereocenters. The number of hydrogen-bond acceptors (Lipinski definition) is 4. The first-order valence-electron chi connectivity index (χ1n) is 6.03. The van der Waals surface area contributed by atoms with Gasteiger partial charge in [0, 0.05) is 13.1 Å². The first-order chi connectivity index (χ1) is 8.84. The number of carboxylic acids is 1. The number of nitrogen functional groups attached to an aromatic ring is 1. The van der Waals surface area contributed by atoms with Gasteiger partial charge in [0.15, 0.2) is 0 Å². The summed E-state index contributed by atoms with van der Waals surface area (Å²) in [7, 11) is 0. The topological polar surface area (TPSA) is 95.7 Å². The molecule has 1 aromatic carbocycles. The number of carbonyl (C=O) groups excluding carboxylic acids is 1. The van der Waals surface area contributed by atoms with Crippen molar-refractivity contribution in [3.8, 4) is 0 Å². The van der Waals surface area contributed by atoms with Crippen LogP contribution >= 0.6 is 0 Å². The molecule has 0 saturated carbocycles. The Morgan fingerprint density at radius 1 is 1.47 bits per heavy atom. The molecular weight excluding hydrogens is 246 g/mol. The molecule has 1 amide bonds. The quantitative estimate of drug-likeness (QED) is 0.682. The van der Waals surface area contributed by atoms with Gasteiger partial charge in [0.1, 0.15) is 5.54 Å². The number of nitrogens with one attached hydrogen (secondary N) is 1. The van der Waals surface area contributed by atoms with E-state index >= 15 is 0 Å². The summed E-state index contributed by atoms with van der Waals surface area (Å²) < 4.78 is 0. The summed E-state index contributed by atoms with van der Waals surface area (Å²) in [6.07, 6.45) is 0. The number of hydrogen-bond donors (Lipinski definition) is 3. The van der Waals surface area contributed by atoms with Gasteiger partial charge in [-0.05, 0) is 32.0 Å². The summed E-state index contributed by atoms with van der Waals surface area (Å²) in [6.45, 7) is 4.80. The van der Waals surface area contributed by atoms with Crippen LogP contribution in [-0.2, 0) is 4.79 Å². The Hall–Kier alpha value is -2.24. The van der Waals surface area contributed by atoms with Gasteiger partial charge in [0.05, 0.1) is 16.9 Å². The molecule has 6 nitrogen and oxygen atoms in total. The minimum Gasteiger partial charge on any atom is -0.478 e. The van der Waals surface area contributed by atoms with E-state index in [1.807, 2.05) is 18.7 Å². The second-order valence-electron chi connectivity index (χ2n) is 5.05. The highest BCUT2D eigenvalue weighted by atomic mass is 16.4. The first-order valence-corrected chi connectivity index (χ1v) is 6.03. The van der Waals surface area contributed by atoms with Gasteiger partial charge in [-0.25, -0.2) is 4.79 Å². The normalized spacial score (nSPS) is 18.0. The van der Waals surface area contributed by atoms with Crippen molar-refractivity contribution < 1.29 is 14.7 Å². The molecule has 0 bridgehead atoms. The molecule has 1 aliphatic rings. The highest BCUT2D eigenvalue weighted by Crippen LogP contribution is 2.31. The van der Waals surface area contributed by atoms with E-state index in [1.54, 1.807) is 6.07 Å². The smallest absolute Gasteiger partial charge is 0.335 e. The number of anilines is 2. The van der Waals surface area contributed by atoms with Crippen molar-refractivity contribution in [2.24, 2.45) is 0 Å². The number of carboxylic acid groups (broad SMARTS) is 1. The highest BCUT2D eigenvalue weighted by molar-refractivity contribution is 5.94. The molecule has 1 aliphatic heterocycles. The van der Waals surface area contributed by atoms with E-state index in [2.05, 4.69) is 5.32 Å². The summed E-state index contributed by atoms with van der Waals surface area (Å²) in [6, 6.07) is 4.57. The molecule has 2 rings (SSSR count). The Balaban J connectivity index is 2.41. The second-order valence-corrected chi connectivity index (χ2v) is 5.05. The van der Waals surface area contributed by atoms with Crippen molar-refractivity contribution in [3.05, 3.63) is 23.8 Å². The third-order valence-electron chi connectivity index (χ3n) is 3.42. The molecule has 4 N–H and O–H groups in total. The lowest BCUT2D eigenvalue weighted by Gasteiger charge is -2.43. The third-order valence-corrected chi connectivity index (χ3v) is 3.42. The summed E-state index contributed by atoms with van der Waals surface area (Å²) in [4.78, 5) is 24.7. The van der Waals surface area contributed by atoms with Gasteiger partial charge in [-0.2, -0.15) is 0 Å². The Labute approximate surface area is 111 Å². The number of piperazine rings is 1. The maximum absolute atomic E-state index is 11.9. The maximum atomic E-state index is 11.9. The van der Waals surface area contributed by atoms with E-state index in [-0.39, 0.29) is 11.5 Å². The lowest BCUT2D eigenvalue weighted by Crippen LogP contribution is -2.62. The van der Waals surface area contributed by atoms with E-state index in [0.29, 0.717) is 24.5 Å². The van der Waals surface area contributed by atoms with Crippen LogP contribution in [0.3, 0.4) is 0 Å². The summed E-state index contributed by atoms with van der Waals surface area (Å²) in [5, 5.41) is 11.7. The largest absolute Gasteiger partial charge is 0.478 e. The van der Waals surface area contributed by atoms with Crippen LogP contribution in [0.25, 0.3) is 0 Å². The molecule has 1 heterocycles. The van der Waals surface area contributed by atoms with Crippen molar-refractivity contribution in [1.82, 2.24) is 5.32 Å². The van der Waals surface area contributed by atoms with Crippen LogP contribution in [0.1, 0.15) is 24.2 Å². The number of rotatable bonds is 2. The van der Waals surface area contributed by atoms with E-state index in [9.17, 15) is 9.59 Å². The Kier molecular flexibility index (Phi) is 3.09. The zero-order valence-corrected chi connectivity index (χ0v) is 10.9.